The highest BCUT2D eigenvalue weighted by Gasteiger charge is 2.34. The first-order valence-electron chi connectivity index (χ1n) is 5.79. The maximum absolute atomic E-state index is 11.8. The third kappa shape index (κ3) is 5.15. The summed E-state index contributed by atoms with van der Waals surface area (Å²) in [6, 6.07) is 7.54. The van der Waals surface area contributed by atoms with Crippen molar-refractivity contribution < 1.29 is 19.4 Å². The summed E-state index contributed by atoms with van der Waals surface area (Å²) in [5, 5.41) is 11.6. The van der Waals surface area contributed by atoms with E-state index < -0.39 is 11.5 Å². The summed E-state index contributed by atoms with van der Waals surface area (Å²) in [6.07, 6.45) is 0. The fourth-order valence-corrected chi connectivity index (χ4v) is 2.80. The first-order valence-corrected chi connectivity index (χ1v) is 7.57. The van der Waals surface area contributed by atoms with Crippen LogP contribution in [-0.4, -0.2) is 42.0 Å². The molecule has 0 radical (unpaired) electrons. The number of thioether (sulfide) groups is 1. The fraction of sp³-hybridized carbons (Fsp3) is 0.385. The number of aliphatic carboxylic acids is 1. The minimum atomic E-state index is -1.41. The number of hydrogen-bond acceptors (Lipinski definition) is 4. The van der Waals surface area contributed by atoms with Crippen molar-refractivity contribution in [2.24, 2.45) is 0 Å². The summed E-state index contributed by atoms with van der Waals surface area (Å²) in [4.78, 5) is 23.9. The van der Waals surface area contributed by atoms with Gasteiger partial charge in [0.05, 0.1) is 12.4 Å². The van der Waals surface area contributed by atoms with Crippen LogP contribution in [0.3, 0.4) is 0 Å². The second kappa shape index (κ2) is 7.66. The number of halogens is 1. The van der Waals surface area contributed by atoms with Crippen molar-refractivity contribution in [1.29, 1.82) is 0 Å². The van der Waals surface area contributed by atoms with Gasteiger partial charge in [-0.15, -0.1) is 11.8 Å². The number of ether oxygens (including phenoxy) is 1. The molecule has 0 fully saturated rings. The molecule has 0 saturated carbocycles. The van der Waals surface area contributed by atoms with Crippen molar-refractivity contribution in [2.45, 2.75) is 17.4 Å². The largest absolute Gasteiger partial charge is 0.479 e. The van der Waals surface area contributed by atoms with Crippen LogP contribution in [0.2, 0.25) is 0 Å². The van der Waals surface area contributed by atoms with Gasteiger partial charge in [0.15, 0.2) is 5.54 Å². The molecule has 1 aromatic rings. The first-order chi connectivity index (χ1) is 9.37. The smallest absolute Gasteiger partial charge is 0.331 e. The zero-order chi connectivity index (χ0) is 15.2. The predicted octanol–water partition coefficient (Wildman–Crippen LogP) is 2.15. The Balaban J connectivity index is 2.56. The van der Waals surface area contributed by atoms with Gasteiger partial charge in [0.25, 0.3) is 0 Å². The highest BCUT2D eigenvalue weighted by atomic mass is 79.9. The molecule has 1 unspecified atom stereocenters. The molecular weight excluding hydrogens is 346 g/mol. The minimum Gasteiger partial charge on any atom is -0.479 e. The Morgan fingerprint density at radius 3 is 2.75 bits per heavy atom. The molecule has 0 saturated heterocycles. The Labute approximate surface area is 130 Å². The summed E-state index contributed by atoms with van der Waals surface area (Å²) < 4.78 is 5.77. The molecule has 2 N–H and O–H groups in total. The van der Waals surface area contributed by atoms with Gasteiger partial charge in [-0.2, -0.15) is 0 Å². The average molecular weight is 362 g/mol. The Bertz CT molecular complexity index is 497. The average Bonchev–Trinajstić information content (AvgIpc) is 2.36. The number of benzene rings is 1. The molecule has 0 bridgehead atoms. The van der Waals surface area contributed by atoms with Gasteiger partial charge < -0.3 is 15.2 Å². The summed E-state index contributed by atoms with van der Waals surface area (Å²) in [7, 11) is 1.39. The van der Waals surface area contributed by atoms with Crippen molar-refractivity contribution in [3.8, 4) is 0 Å². The molecule has 0 aliphatic heterocycles. The van der Waals surface area contributed by atoms with E-state index in [0.29, 0.717) is 0 Å². The molecule has 0 aliphatic rings. The number of hydrogen-bond donors (Lipinski definition) is 2. The van der Waals surface area contributed by atoms with Crippen LogP contribution in [0.25, 0.3) is 0 Å². The molecule has 1 rings (SSSR count). The summed E-state index contributed by atoms with van der Waals surface area (Å²) in [5.74, 6) is -1.33. The van der Waals surface area contributed by atoms with E-state index in [1.54, 1.807) is 0 Å². The van der Waals surface area contributed by atoms with Crippen LogP contribution in [0.4, 0.5) is 0 Å². The second-order valence-electron chi connectivity index (χ2n) is 4.36. The van der Waals surface area contributed by atoms with Crippen LogP contribution in [0.5, 0.6) is 0 Å². The maximum atomic E-state index is 11.8. The van der Waals surface area contributed by atoms with E-state index in [2.05, 4.69) is 21.2 Å². The van der Waals surface area contributed by atoms with E-state index >= 15 is 0 Å². The predicted molar refractivity (Wildman–Crippen MR) is 80.9 cm³/mol. The van der Waals surface area contributed by atoms with E-state index in [1.165, 1.54) is 25.8 Å². The maximum Gasteiger partial charge on any atom is 0.331 e. The second-order valence-corrected chi connectivity index (χ2v) is 6.33. The van der Waals surface area contributed by atoms with Crippen molar-refractivity contribution in [1.82, 2.24) is 5.32 Å². The zero-order valence-corrected chi connectivity index (χ0v) is 13.6. The van der Waals surface area contributed by atoms with E-state index in [4.69, 9.17) is 9.84 Å². The van der Waals surface area contributed by atoms with Crippen LogP contribution in [0.15, 0.2) is 33.6 Å². The number of carbonyl (C=O) groups excluding carboxylic acids is 1. The van der Waals surface area contributed by atoms with Crippen molar-refractivity contribution >= 4 is 39.6 Å². The lowest BCUT2D eigenvalue weighted by molar-refractivity contribution is -0.148. The fourth-order valence-electron chi connectivity index (χ4n) is 1.49. The summed E-state index contributed by atoms with van der Waals surface area (Å²) in [6.45, 7) is 1.33. The Morgan fingerprint density at radius 2 is 2.20 bits per heavy atom. The summed E-state index contributed by atoms with van der Waals surface area (Å²) in [5.41, 5.74) is -1.41. The van der Waals surface area contributed by atoms with Crippen molar-refractivity contribution in [3.05, 3.63) is 28.7 Å². The number of amides is 1. The van der Waals surface area contributed by atoms with Crippen LogP contribution < -0.4 is 5.32 Å². The quantitative estimate of drug-likeness (QED) is 0.727. The molecule has 1 atom stereocenters. The monoisotopic (exact) mass is 361 g/mol. The van der Waals surface area contributed by atoms with E-state index in [1.807, 2.05) is 24.3 Å². The Kier molecular flexibility index (Phi) is 6.51. The lowest BCUT2D eigenvalue weighted by Gasteiger charge is -2.25. The first kappa shape index (κ1) is 17.0. The number of nitrogens with one attached hydrogen (secondary N) is 1. The Hall–Kier alpha value is -1.05. The molecule has 1 amide bonds. The molecule has 20 heavy (non-hydrogen) atoms. The lowest BCUT2D eigenvalue weighted by Crippen LogP contribution is -2.55. The third-order valence-corrected chi connectivity index (χ3v) is 3.97. The summed E-state index contributed by atoms with van der Waals surface area (Å²) >= 11 is 4.69. The topological polar surface area (TPSA) is 75.6 Å². The van der Waals surface area contributed by atoms with Crippen LogP contribution in [-0.2, 0) is 14.3 Å². The standard InChI is InChI=1S/C13H16BrNO4S/c1-13(8-19-2,12(17)18)15-11(16)7-20-10-5-3-4-9(14)6-10/h3-6H,7-8H2,1-2H3,(H,15,16)(H,17,18). The number of rotatable bonds is 7. The van der Waals surface area contributed by atoms with Gasteiger partial charge >= 0.3 is 5.97 Å². The number of carboxylic acid groups (broad SMARTS) is 1. The number of methoxy groups -OCH3 is 1. The highest BCUT2D eigenvalue weighted by molar-refractivity contribution is 9.10. The molecular formula is C13H16BrNO4S. The van der Waals surface area contributed by atoms with Gasteiger partial charge in [-0.25, -0.2) is 4.79 Å². The van der Waals surface area contributed by atoms with E-state index in [0.717, 1.165) is 9.37 Å². The van der Waals surface area contributed by atoms with Gasteiger partial charge in [-0.1, -0.05) is 22.0 Å². The van der Waals surface area contributed by atoms with Gasteiger partial charge in [0.2, 0.25) is 5.91 Å². The number of carboxylic acids is 1. The molecule has 1 aromatic carbocycles. The normalized spacial score (nSPS) is 13.6. The van der Waals surface area contributed by atoms with Crippen LogP contribution >= 0.6 is 27.7 Å². The molecule has 5 nitrogen and oxygen atoms in total. The molecule has 110 valence electrons. The highest BCUT2D eigenvalue weighted by Crippen LogP contribution is 2.21. The minimum absolute atomic E-state index is 0.0877. The van der Waals surface area contributed by atoms with E-state index in [-0.39, 0.29) is 18.3 Å². The lowest BCUT2D eigenvalue weighted by atomic mass is 10.0. The van der Waals surface area contributed by atoms with Crippen molar-refractivity contribution in [3.63, 3.8) is 0 Å². The van der Waals surface area contributed by atoms with Gasteiger partial charge in [0, 0.05) is 16.5 Å². The molecule has 7 heteroatoms. The van der Waals surface area contributed by atoms with Gasteiger partial charge in [0.1, 0.15) is 0 Å². The molecule has 0 heterocycles. The van der Waals surface area contributed by atoms with Crippen molar-refractivity contribution in [2.75, 3.05) is 19.5 Å². The Morgan fingerprint density at radius 1 is 1.50 bits per heavy atom. The van der Waals surface area contributed by atoms with Gasteiger partial charge in [-0.05, 0) is 25.1 Å². The zero-order valence-electron chi connectivity index (χ0n) is 11.2. The molecule has 0 aromatic heterocycles. The molecule has 0 spiro atoms. The van der Waals surface area contributed by atoms with E-state index in [9.17, 15) is 9.59 Å². The SMILES string of the molecule is COCC(C)(NC(=O)CSc1cccc(Br)c1)C(=O)O. The van der Waals surface area contributed by atoms with Gasteiger partial charge in [-0.3, -0.25) is 4.79 Å². The van der Waals surface area contributed by atoms with Crippen LogP contribution in [0, 0.1) is 0 Å². The molecule has 0 aliphatic carbocycles. The number of carbonyl (C=O) groups is 2. The van der Waals surface area contributed by atoms with Crippen LogP contribution in [0.1, 0.15) is 6.92 Å². The third-order valence-electron chi connectivity index (χ3n) is 2.49.